The van der Waals surface area contributed by atoms with Gasteiger partial charge in [0, 0.05) is 18.6 Å². The number of rotatable bonds is 10. The molecule has 2 aliphatic heterocycles. The maximum atomic E-state index is 13.1. The average molecular weight is 508 g/mol. The predicted molar refractivity (Wildman–Crippen MR) is 125 cm³/mol. The summed E-state index contributed by atoms with van der Waals surface area (Å²) in [5.74, 6) is -0.750. The van der Waals surface area contributed by atoms with Gasteiger partial charge >= 0.3 is 5.97 Å². The zero-order valence-corrected chi connectivity index (χ0v) is 19.9. The third kappa shape index (κ3) is 5.05. The quantitative estimate of drug-likeness (QED) is 0.248. The van der Waals surface area contributed by atoms with E-state index >= 15 is 0 Å². The lowest BCUT2D eigenvalue weighted by atomic mass is 10.0. The van der Waals surface area contributed by atoms with E-state index in [1.54, 1.807) is 13.3 Å². The molecule has 3 atom stereocenters. The van der Waals surface area contributed by atoms with Gasteiger partial charge in [0.05, 0.1) is 12.1 Å². The van der Waals surface area contributed by atoms with E-state index in [4.69, 9.17) is 4.74 Å². The Morgan fingerprint density at radius 2 is 2.18 bits per heavy atom. The summed E-state index contributed by atoms with van der Waals surface area (Å²) < 4.78 is 5.12. The van der Waals surface area contributed by atoms with E-state index in [0.717, 1.165) is 5.56 Å². The van der Waals surface area contributed by atoms with Crippen LogP contribution >= 0.6 is 35.3 Å². The van der Waals surface area contributed by atoms with Gasteiger partial charge in [-0.15, -0.1) is 40.4 Å². The van der Waals surface area contributed by atoms with Gasteiger partial charge in [0.15, 0.2) is 0 Å². The molecule has 0 aliphatic carbocycles. The zero-order valence-electron chi connectivity index (χ0n) is 17.5. The Morgan fingerprint density at radius 3 is 2.85 bits per heavy atom. The molecule has 0 saturated carbocycles. The molecule has 3 heterocycles. The number of nitrogens with one attached hydrogen (secondary N) is 2. The zero-order chi connectivity index (χ0) is 23.4. The lowest BCUT2D eigenvalue weighted by Crippen LogP contribution is -2.70. The maximum Gasteiger partial charge on any atom is 0.352 e. The molecule has 2 aliphatic rings. The molecule has 3 N–H and O–H groups in total. The van der Waals surface area contributed by atoms with Crippen LogP contribution in [0.1, 0.15) is 10.8 Å². The molecule has 1 fully saturated rings. The van der Waals surface area contributed by atoms with Crippen LogP contribution in [0.2, 0.25) is 0 Å². The number of nitrogens with zero attached hydrogens (tertiary/aromatic N) is 3. The Morgan fingerprint density at radius 1 is 1.39 bits per heavy atom. The normalized spacial score (nSPS) is 20.8. The highest BCUT2D eigenvalue weighted by atomic mass is 32.2. The Labute approximate surface area is 202 Å². The number of carbonyl (C=O) groups excluding carboxylic acids is 2. The van der Waals surface area contributed by atoms with Gasteiger partial charge in [0.25, 0.3) is 5.91 Å². The van der Waals surface area contributed by atoms with Gasteiger partial charge < -0.3 is 15.2 Å². The van der Waals surface area contributed by atoms with Gasteiger partial charge in [-0.25, -0.2) is 4.79 Å². The monoisotopic (exact) mass is 507 g/mol. The molecule has 4 rings (SSSR count). The summed E-state index contributed by atoms with van der Waals surface area (Å²) in [6.45, 7) is 0. The summed E-state index contributed by atoms with van der Waals surface area (Å²) in [6.07, 6.45) is 1.55. The summed E-state index contributed by atoms with van der Waals surface area (Å²) in [5.41, 5.74) is 1.43. The molecule has 0 radical (unpaired) electrons. The molecule has 0 spiro atoms. The minimum atomic E-state index is -1.16. The fourth-order valence-electron chi connectivity index (χ4n) is 3.53. The topological polar surface area (TPSA) is 138 Å². The number of carboxylic acids is 1. The number of ether oxygens (including phenoxy) is 1. The van der Waals surface area contributed by atoms with Gasteiger partial charge in [-0.05, 0) is 11.1 Å². The van der Waals surface area contributed by atoms with E-state index in [0.29, 0.717) is 28.0 Å². The number of aromatic nitrogens is 3. The van der Waals surface area contributed by atoms with E-state index < -0.39 is 28.5 Å². The third-order valence-electron chi connectivity index (χ3n) is 5.04. The molecule has 1 aromatic heterocycles. The lowest BCUT2D eigenvalue weighted by molar-refractivity contribution is -0.150. The van der Waals surface area contributed by atoms with Crippen molar-refractivity contribution in [1.29, 1.82) is 0 Å². The summed E-state index contributed by atoms with van der Waals surface area (Å²) in [5, 5.41) is 22.4. The second kappa shape index (κ2) is 10.6. The first kappa shape index (κ1) is 23.7. The number of benzene rings is 1. The second-order valence-electron chi connectivity index (χ2n) is 7.13. The molecule has 1 aromatic carbocycles. The summed E-state index contributed by atoms with van der Waals surface area (Å²) >= 11 is 4.12. The molecule has 0 bridgehead atoms. The first-order valence-corrected chi connectivity index (χ1v) is 12.9. The molecule has 2 aromatic rings. The minimum Gasteiger partial charge on any atom is -0.477 e. The number of carbonyl (C=O) groups is 3. The van der Waals surface area contributed by atoms with Crippen molar-refractivity contribution >= 4 is 53.1 Å². The van der Waals surface area contributed by atoms with E-state index in [1.807, 2.05) is 30.3 Å². The fraction of sp³-hybridized carbons (Fsp3) is 0.350. The number of methoxy groups -OCH3 is 1. The highest BCUT2D eigenvalue weighted by Gasteiger charge is 2.54. The molecular weight excluding hydrogens is 486 g/mol. The van der Waals surface area contributed by atoms with Crippen LogP contribution in [0.4, 0.5) is 0 Å². The van der Waals surface area contributed by atoms with Crippen molar-refractivity contribution in [2.75, 3.05) is 24.6 Å². The number of amides is 2. The molecule has 2 amide bonds. The number of aliphatic carboxylic acids is 1. The Kier molecular flexibility index (Phi) is 7.63. The highest BCUT2D eigenvalue weighted by Crippen LogP contribution is 2.42. The van der Waals surface area contributed by atoms with Crippen LogP contribution in [0.25, 0.3) is 0 Å². The molecule has 1 saturated heterocycles. The first-order valence-electron chi connectivity index (χ1n) is 9.86. The number of hydrogen-bond acceptors (Lipinski definition) is 9. The largest absolute Gasteiger partial charge is 0.477 e. The van der Waals surface area contributed by atoms with Gasteiger partial charge in [-0.1, -0.05) is 35.5 Å². The van der Waals surface area contributed by atoms with E-state index in [-0.39, 0.29) is 11.6 Å². The van der Waals surface area contributed by atoms with Crippen molar-refractivity contribution < 1.29 is 24.2 Å². The molecule has 10 nitrogen and oxygen atoms in total. The number of hydrogen-bond donors (Lipinski definition) is 3. The van der Waals surface area contributed by atoms with Crippen LogP contribution in [0.15, 0.2) is 52.8 Å². The van der Waals surface area contributed by atoms with Crippen LogP contribution < -0.4 is 5.32 Å². The molecule has 3 unspecified atom stereocenters. The molecular formula is C20H21N5O5S3. The van der Waals surface area contributed by atoms with Crippen molar-refractivity contribution in [2.24, 2.45) is 0 Å². The van der Waals surface area contributed by atoms with Crippen LogP contribution in [0, 0.1) is 0 Å². The van der Waals surface area contributed by atoms with Crippen molar-refractivity contribution in [3.8, 4) is 0 Å². The number of carboxylic acid groups (broad SMARTS) is 1. The first-order chi connectivity index (χ1) is 16.0. The smallest absolute Gasteiger partial charge is 0.352 e. The molecule has 174 valence electrons. The standard InChI is InChI=1S/C20H21N5O5S3/c1-30-10-33-16(11-5-3-2-4-6-11)17(26)22-14-18(27)25-15(20(28)29)12(9-32-19(14)25)8-31-13-7-21-24-23-13/h2-7,14,16,19H,8-10H2,1H3,(H,22,26)(H,28,29)(H,21,23,24). The van der Waals surface area contributed by atoms with Crippen molar-refractivity contribution in [2.45, 2.75) is 21.7 Å². The van der Waals surface area contributed by atoms with Crippen LogP contribution in [0.5, 0.6) is 0 Å². The van der Waals surface area contributed by atoms with E-state index in [2.05, 4.69) is 20.7 Å². The predicted octanol–water partition coefficient (Wildman–Crippen LogP) is 1.71. The molecule has 33 heavy (non-hydrogen) atoms. The average Bonchev–Trinajstić information content (AvgIpc) is 3.35. The van der Waals surface area contributed by atoms with Crippen LogP contribution in [-0.2, 0) is 19.1 Å². The Balaban J connectivity index is 1.47. The Hall–Kier alpha value is -2.48. The van der Waals surface area contributed by atoms with Gasteiger partial charge in [-0.3, -0.25) is 19.6 Å². The summed E-state index contributed by atoms with van der Waals surface area (Å²) in [6, 6.07) is 8.47. The van der Waals surface area contributed by atoms with Crippen LogP contribution in [-0.4, -0.2) is 79.2 Å². The van der Waals surface area contributed by atoms with E-state index in [1.165, 1.54) is 40.2 Å². The van der Waals surface area contributed by atoms with Gasteiger partial charge in [0.2, 0.25) is 5.91 Å². The van der Waals surface area contributed by atoms with Gasteiger partial charge in [-0.2, -0.15) is 0 Å². The van der Waals surface area contributed by atoms with Crippen LogP contribution in [0.3, 0.4) is 0 Å². The van der Waals surface area contributed by atoms with Gasteiger partial charge in [0.1, 0.15) is 27.4 Å². The lowest BCUT2D eigenvalue weighted by Gasteiger charge is -2.49. The highest BCUT2D eigenvalue weighted by molar-refractivity contribution is 8.01. The molecule has 13 heteroatoms. The number of H-pyrrole nitrogens is 1. The Bertz CT molecular complexity index is 1050. The second-order valence-corrected chi connectivity index (χ2v) is 10.3. The number of thioether (sulfide) groups is 3. The fourth-order valence-corrected chi connectivity index (χ4v) is 6.65. The summed E-state index contributed by atoms with van der Waals surface area (Å²) in [4.78, 5) is 39.3. The third-order valence-corrected chi connectivity index (χ3v) is 8.57. The van der Waals surface area contributed by atoms with E-state index in [9.17, 15) is 19.5 Å². The minimum absolute atomic E-state index is 0.0115. The number of aromatic amines is 1. The van der Waals surface area contributed by atoms with Crippen molar-refractivity contribution in [3.63, 3.8) is 0 Å². The maximum absolute atomic E-state index is 13.1. The number of fused-ring (bicyclic) bond motifs is 1. The number of β-lactam (4-membered cyclic amide) rings is 1. The SMILES string of the molecule is COCSC(C(=O)NC1C(=O)N2C(C(=O)O)=C(CSc3cnn[nH]3)CSC12)c1ccccc1. The van der Waals surface area contributed by atoms with Crippen molar-refractivity contribution in [1.82, 2.24) is 25.6 Å². The van der Waals surface area contributed by atoms with Crippen molar-refractivity contribution in [3.05, 3.63) is 53.4 Å². The summed E-state index contributed by atoms with van der Waals surface area (Å²) in [7, 11) is 1.55.